The van der Waals surface area contributed by atoms with Crippen LogP contribution in [0.3, 0.4) is 0 Å². The molecule has 5 nitrogen and oxygen atoms in total. The van der Waals surface area contributed by atoms with Crippen LogP contribution in [0.5, 0.6) is 17.2 Å². The number of amides is 1. The number of hydrogen-bond acceptors (Lipinski definition) is 4. The molecule has 1 heterocycles. The van der Waals surface area contributed by atoms with Gasteiger partial charge in [0.2, 0.25) is 5.91 Å². The Morgan fingerprint density at radius 3 is 2.41 bits per heavy atom. The summed E-state index contributed by atoms with van der Waals surface area (Å²) in [4.78, 5) is 16.3. The average molecular weight is 362 g/mol. The van der Waals surface area contributed by atoms with Crippen molar-refractivity contribution in [3.8, 4) is 17.2 Å². The number of aromatic nitrogens is 1. The van der Waals surface area contributed by atoms with E-state index in [9.17, 15) is 4.79 Å². The van der Waals surface area contributed by atoms with Gasteiger partial charge in [0.25, 0.3) is 0 Å². The topological polar surface area (TPSA) is 60.5 Å². The third kappa shape index (κ3) is 5.57. The number of carbonyl (C=O) groups is 1. The number of nitrogens with one attached hydrogen (secondary N) is 1. The van der Waals surface area contributed by atoms with Crippen molar-refractivity contribution in [1.29, 1.82) is 0 Å². The first kappa shape index (κ1) is 18.5. The number of carbonyl (C=O) groups excluding carboxylic acids is 1. The van der Waals surface area contributed by atoms with Crippen LogP contribution in [-0.2, 0) is 11.2 Å². The van der Waals surface area contributed by atoms with Gasteiger partial charge in [-0.25, -0.2) is 0 Å². The van der Waals surface area contributed by atoms with Gasteiger partial charge in [-0.1, -0.05) is 12.1 Å². The van der Waals surface area contributed by atoms with Crippen molar-refractivity contribution < 1.29 is 14.3 Å². The SMILES string of the molecule is CCOc1ccc(Oc2ccccc2NC(=O)CCc2ccncc2)cc1. The summed E-state index contributed by atoms with van der Waals surface area (Å²) in [5.74, 6) is 2.01. The van der Waals surface area contributed by atoms with E-state index in [0.717, 1.165) is 11.3 Å². The number of para-hydroxylation sites is 2. The minimum absolute atomic E-state index is 0.0606. The molecule has 5 heteroatoms. The van der Waals surface area contributed by atoms with E-state index < -0.39 is 0 Å². The lowest BCUT2D eigenvalue weighted by molar-refractivity contribution is -0.116. The van der Waals surface area contributed by atoms with E-state index in [1.54, 1.807) is 12.4 Å². The van der Waals surface area contributed by atoms with Crippen LogP contribution >= 0.6 is 0 Å². The monoisotopic (exact) mass is 362 g/mol. The number of aryl methyl sites for hydroxylation is 1. The summed E-state index contributed by atoms with van der Waals surface area (Å²) in [6.45, 7) is 2.56. The zero-order valence-electron chi connectivity index (χ0n) is 15.2. The number of benzene rings is 2. The lowest BCUT2D eigenvalue weighted by Crippen LogP contribution is -2.13. The fourth-order valence-electron chi connectivity index (χ4n) is 2.58. The predicted octanol–water partition coefficient (Wildman–Crippen LogP) is 4.84. The van der Waals surface area contributed by atoms with Crippen LogP contribution in [0, 0.1) is 0 Å². The first-order valence-electron chi connectivity index (χ1n) is 8.93. The van der Waals surface area contributed by atoms with Crippen LogP contribution in [0.4, 0.5) is 5.69 Å². The summed E-state index contributed by atoms with van der Waals surface area (Å²) >= 11 is 0. The second-order valence-electron chi connectivity index (χ2n) is 5.91. The second kappa shape index (κ2) is 9.38. The molecule has 3 aromatic rings. The standard InChI is InChI=1S/C22H22N2O3/c1-2-26-18-8-10-19(11-9-18)27-21-6-4-3-5-20(21)24-22(25)12-7-17-13-15-23-16-14-17/h3-6,8-11,13-16H,2,7,12H2,1H3,(H,24,25). The Hall–Kier alpha value is -3.34. The van der Waals surface area contributed by atoms with Crippen molar-refractivity contribution >= 4 is 11.6 Å². The number of rotatable bonds is 8. The van der Waals surface area contributed by atoms with Crippen LogP contribution in [0.25, 0.3) is 0 Å². The molecule has 1 amide bonds. The summed E-state index contributed by atoms with van der Waals surface area (Å²) in [6.07, 6.45) is 4.51. The zero-order valence-corrected chi connectivity index (χ0v) is 15.2. The number of nitrogens with zero attached hydrogens (tertiary/aromatic N) is 1. The smallest absolute Gasteiger partial charge is 0.224 e. The van der Waals surface area contributed by atoms with Gasteiger partial charge in [0.15, 0.2) is 5.75 Å². The van der Waals surface area contributed by atoms with E-state index in [2.05, 4.69) is 10.3 Å². The highest BCUT2D eigenvalue weighted by Crippen LogP contribution is 2.30. The molecule has 27 heavy (non-hydrogen) atoms. The van der Waals surface area contributed by atoms with E-state index in [0.29, 0.717) is 36.6 Å². The zero-order chi connectivity index (χ0) is 18.9. The molecule has 3 rings (SSSR count). The maximum atomic E-state index is 12.3. The molecule has 0 atom stereocenters. The van der Waals surface area contributed by atoms with Gasteiger partial charge in [-0.3, -0.25) is 9.78 Å². The number of anilines is 1. The second-order valence-corrected chi connectivity index (χ2v) is 5.91. The summed E-state index contributed by atoms with van der Waals surface area (Å²) in [7, 11) is 0. The molecule has 138 valence electrons. The van der Waals surface area contributed by atoms with Crippen LogP contribution in [-0.4, -0.2) is 17.5 Å². The first-order chi connectivity index (χ1) is 13.2. The molecule has 0 bridgehead atoms. The van der Waals surface area contributed by atoms with Gasteiger partial charge in [-0.2, -0.15) is 0 Å². The molecule has 0 unspecified atom stereocenters. The van der Waals surface area contributed by atoms with Gasteiger partial charge >= 0.3 is 0 Å². The molecule has 1 aromatic heterocycles. The summed E-state index contributed by atoms with van der Waals surface area (Å²) in [6, 6.07) is 18.6. The molecule has 0 aliphatic heterocycles. The summed E-state index contributed by atoms with van der Waals surface area (Å²) < 4.78 is 11.4. The Morgan fingerprint density at radius 1 is 0.963 bits per heavy atom. The van der Waals surface area contributed by atoms with Gasteiger partial charge < -0.3 is 14.8 Å². The highest BCUT2D eigenvalue weighted by Gasteiger charge is 2.09. The predicted molar refractivity (Wildman–Crippen MR) is 105 cm³/mol. The Labute approximate surface area is 159 Å². The van der Waals surface area contributed by atoms with Gasteiger partial charge in [-0.05, 0) is 67.4 Å². The fraction of sp³-hybridized carbons (Fsp3) is 0.182. The lowest BCUT2D eigenvalue weighted by atomic mass is 10.1. The third-order valence-electron chi connectivity index (χ3n) is 3.91. The van der Waals surface area contributed by atoms with Crippen LogP contribution in [0.1, 0.15) is 18.9 Å². The van der Waals surface area contributed by atoms with Crippen molar-refractivity contribution in [2.45, 2.75) is 19.8 Å². The van der Waals surface area contributed by atoms with Gasteiger partial charge in [0.1, 0.15) is 11.5 Å². The van der Waals surface area contributed by atoms with E-state index in [1.165, 1.54) is 0 Å². The largest absolute Gasteiger partial charge is 0.494 e. The minimum Gasteiger partial charge on any atom is -0.494 e. The van der Waals surface area contributed by atoms with E-state index in [-0.39, 0.29) is 5.91 Å². The average Bonchev–Trinajstić information content (AvgIpc) is 2.70. The molecule has 2 aromatic carbocycles. The van der Waals surface area contributed by atoms with Crippen LogP contribution in [0.2, 0.25) is 0 Å². The van der Waals surface area contributed by atoms with E-state index in [1.807, 2.05) is 67.6 Å². The molecule has 0 aliphatic carbocycles. The Kier molecular flexibility index (Phi) is 6.41. The summed E-state index contributed by atoms with van der Waals surface area (Å²) in [5, 5.41) is 2.93. The fourth-order valence-corrected chi connectivity index (χ4v) is 2.58. The lowest BCUT2D eigenvalue weighted by Gasteiger charge is -2.12. The van der Waals surface area contributed by atoms with Crippen LogP contribution in [0.15, 0.2) is 73.1 Å². The highest BCUT2D eigenvalue weighted by molar-refractivity contribution is 5.92. The number of pyridine rings is 1. The number of hydrogen-bond donors (Lipinski definition) is 1. The quantitative estimate of drug-likeness (QED) is 0.623. The normalized spacial score (nSPS) is 10.3. The van der Waals surface area contributed by atoms with Crippen molar-refractivity contribution in [3.63, 3.8) is 0 Å². The molecular formula is C22H22N2O3. The van der Waals surface area contributed by atoms with Crippen molar-refractivity contribution in [1.82, 2.24) is 4.98 Å². The van der Waals surface area contributed by atoms with E-state index in [4.69, 9.17) is 9.47 Å². The summed E-state index contributed by atoms with van der Waals surface area (Å²) in [5.41, 5.74) is 1.73. The first-order valence-corrected chi connectivity index (χ1v) is 8.93. The molecule has 0 saturated heterocycles. The molecule has 0 spiro atoms. The molecular weight excluding hydrogens is 340 g/mol. The minimum atomic E-state index is -0.0606. The van der Waals surface area contributed by atoms with Gasteiger partial charge in [0, 0.05) is 18.8 Å². The Balaban J connectivity index is 1.62. The Morgan fingerprint density at radius 2 is 1.67 bits per heavy atom. The third-order valence-corrected chi connectivity index (χ3v) is 3.91. The maximum Gasteiger partial charge on any atom is 0.224 e. The van der Waals surface area contributed by atoms with Crippen molar-refractivity contribution in [2.75, 3.05) is 11.9 Å². The Bertz CT molecular complexity index is 864. The molecule has 0 aliphatic rings. The van der Waals surface area contributed by atoms with Gasteiger partial charge in [-0.15, -0.1) is 0 Å². The number of ether oxygens (including phenoxy) is 2. The maximum absolute atomic E-state index is 12.3. The molecule has 0 saturated carbocycles. The van der Waals surface area contributed by atoms with Gasteiger partial charge in [0.05, 0.1) is 12.3 Å². The van der Waals surface area contributed by atoms with Crippen molar-refractivity contribution in [3.05, 3.63) is 78.6 Å². The molecule has 0 fully saturated rings. The molecule has 1 N–H and O–H groups in total. The van der Waals surface area contributed by atoms with Crippen molar-refractivity contribution in [2.24, 2.45) is 0 Å². The van der Waals surface area contributed by atoms with E-state index >= 15 is 0 Å². The molecule has 0 radical (unpaired) electrons. The van der Waals surface area contributed by atoms with Crippen LogP contribution < -0.4 is 14.8 Å². The highest BCUT2D eigenvalue weighted by atomic mass is 16.5.